The van der Waals surface area contributed by atoms with Gasteiger partial charge in [0.05, 0.1) is 5.51 Å². The molecule has 1 amide bonds. The molecule has 4 nitrogen and oxygen atoms in total. The maximum absolute atomic E-state index is 11.7. The maximum atomic E-state index is 11.7. The second-order valence-corrected chi connectivity index (χ2v) is 3.95. The number of nitrogens with one attached hydrogen (secondary N) is 1. The van der Waals surface area contributed by atoms with E-state index in [1.165, 1.54) is 11.3 Å². The number of anilines is 1. The molecule has 0 bridgehead atoms. The molecule has 16 heavy (non-hydrogen) atoms. The fourth-order valence-electron chi connectivity index (χ4n) is 1.30. The third-order valence-electron chi connectivity index (χ3n) is 2.09. The van der Waals surface area contributed by atoms with Crippen molar-refractivity contribution in [3.8, 4) is 0 Å². The molecule has 0 saturated heterocycles. The van der Waals surface area contributed by atoms with E-state index in [0.29, 0.717) is 12.2 Å². The molecule has 0 radical (unpaired) electrons. The molecule has 0 aliphatic heterocycles. The predicted molar refractivity (Wildman–Crippen MR) is 64.4 cm³/mol. The smallest absolute Gasteiger partial charge is 0.275 e. The van der Waals surface area contributed by atoms with Crippen LogP contribution < -0.4 is 11.1 Å². The van der Waals surface area contributed by atoms with Crippen LogP contribution in [0.25, 0.3) is 0 Å². The molecule has 0 unspecified atom stereocenters. The number of rotatable bonds is 3. The standard InChI is InChI=1S/C11H11N3OS/c12-5-8-2-1-3-9(4-8)14-11(15)10-6-16-7-13-10/h1-4,6-7H,5,12H2,(H,14,15). The van der Waals surface area contributed by atoms with Crippen LogP contribution in [0.15, 0.2) is 35.2 Å². The van der Waals surface area contributed by atoms with Gasteiger partial charge in [-0.15, -0.1) is 11.3 Å². The second kappa shape index (κ2) is 4.87. The van der Waals surface area contributed by atoms with Crippen molar-refractivity contribution < 1.29 is 4.79 Å². The summed E-state index contributed by atoms with van der Waals surface area (Å²) in [6.07, 6.45) is 0. The number of carbonyl (C=O) groups is 1. The molecule has 3 N–H and O–H groups in total. The number of nitrogens with zero attached hydrogens (tertiary/aromatic N) is 1. The van der Waals surface area contributed by atoms with Gasteiger partial charge in [0, 0.05) is 17.6 Å². The molecule has 2 aromatic rings. The van der Waals surface area contributed by atoms with Gasteiger partial charge in [-0.1, -0.05) is 12.1 Å². The Morgan fingerprint density at radius 2 is 2.38 bits per heavy atom. The minimum absolute atomic E-state index is 0.199. The number of hydrogen-bond donors (Lipinski definition) is 2. The van der Waals surface area contributed by atoms with Crippen LogP contribution in [0.4, 0.5) is 5.69 Å². The molecule has 1 aromatic carbocycles. The summed E-state index contributed by atoms with van der Waals surface area (Å²) in [5.41, 5.74) is 9.30. The van der Waals surface area contributed by atoms with Crippen LogP contribution in [0.5, 0.6) is 0 Å². The van der Waals surface area contributed by atoms with Gasteiger partial charge in [0.15, 0.2) is 0 Å². The van der Waals surface area contributed by atoms with E-state index in [0.717, 1.165) is 11.3 Å². The topological polar surface area (TPSA) is 68.0 Å². The Morgan fingerprint density at radius 1 is 1.50 bits per heavy atom. The molecule has 1 heterocycles. The lowest BCUT2D eigenvalue weighted by Gasteiger charge is -2.04. The first kappa shape index (κ1) is 10.8. The molecule has 0 spiro atoms. The van der Waals surface area contributed by atoms with Gasteiger partial charge in [0.1, 0.15) is 5.69 Å². The average molecular weight is 233 g/mol. The SMILES string of the molecule is NCc1cccc(NC(=O)c2cscn2)c1. The Kier molecular flexibility index (Phi) is 3.28. The van der Waals surface area contributed by atoms with Crippen molar-refractivity contribution in [1.29, 1.82) is 0 Å². The molecule has 1 aromatic heterocycles. The van der Waals surface area contributed by atoms with E-state index < -0.39 is 0 Å². The van der Waals surface area contributed by atoms with Crippen molar-refractivity contribution in [3.05, 3.63) is 46.4 Å². The Labute approximate surface area is 97.1 Å². The lowest BCUT2D eigenvalue weighted by molar-refractivity contribution is 0.102. The molecule has 2 rings (SSSR count). The van der Waals surface area contributed by atoms with Crippen LogP contribution in [-0.2, 0) is 6.54 Å². The summed E-state index contributed by atoms with van der Waals surface area (Å²) in [5.74, 6) is -0.199. The summed E-state index contributed by atoms with van der Waals surface area (Å²) in [4.78, 5) is 15.6. The highest BCUT2D eigenvalue weighted by Crippen LogP contribution is 2.12. The van der Waals surface area contributed by atoms with Crippen molar-refractivity contribution in [1.82, 2.24) is 4.98 Å². The Hall–Kier alpha value is -1.72. The lowest BCUT2D eigenvalue weighted by atomic mass is 10.2. The molecule has 0 atom stereocenters. The van der Waals surface area contributed by atoms with E-state index in [2.05, 4.69) is 10.3 Å². The van der Waals surface area contributed by atoms with Gasteiger partial charge in [0.25, 0.3) is 5.91 Å². The van der Waals surface area contributed by atoms with Gasteiger partial charge < -0.3 is 11.1 Å². The van der Waals surface area contributed by atoms with E-state index in [4.69, 9.17) is 5.73 Å². The van der Waals surface area contributed by atoms with E-state index in [1.54, 1.807) is 10.9 Å². The van der Waals surface area contributed by atoms with Gasteiger partial charge in [-0.05, 0) is 17.7 Å². The van der Waals surface area contributed by atoms with Gasteiger partial charge in [-0.3, -0.25) is 4.79 Å². The third kappa shape index (κ3) is 2.44. The van der Waals surface area contributed by atoms with Crippen molar-refractivity contribution >= 4 is 22.9 Å². The van der Waals surface area contributed by atoms with Crippen molar-refractivity contribution in [2.75, 3.05) is 5.32 Å². The quantitative estimate of drug-likeness (QED) is 0.850. The first-order chi connectivity index (χ1) is 7.79. The molecular weight excluding hydrogens is 222 g/mol. The van der Waals surface area contributed by atoms with Crippen molar-refractivity contribution in [2.24, 2.45) is 5.73 Å². The second-order valence-electron chi connectivity index (χ2n) is 3.23. The van der Waals surface area contributed by atoms with Crippen LogP contribution in [-0.4, -0.2) is 10.9 Å². The highest BCUT2D eigenvalue weighted by atomic mass is 32.1. The first-order valence-electron chi connectivity index (χ1n) is 4.78. The summed E-state index contributed by atoms with van der Waals surface area (Å²) in [6.45, 7) is 0.459. The maximum Gasteiger partial charge on any atom is 0.275 e. The fourth-order valence-corrected chi connectivity index (χ4v) is 1.83. The minimum Gasteiger partial charge on any atom is -0.326 e. The average Bonchev–Trinajstić information content (AvgIpc) is 2.83. The van der Waals surface area contributed by atoms with Crippen LogP contribution in [0.3, 0.4) is 0 Å². The Morgan fingerprint density at radius 3 is 3.06 bits per heavy atom. The van der Waals surface area contributed by atoms with E-state index >= 15 is 0 Å². The summed E-state index contributed by atoms with van der Waals surface area (Å²) in [7, 11) is 0. The summed E-state index contributed by atoms with van der Waals surface area (Å²) >= 11 is 1.39. The predicted octanol–water partition coefficient (Wildman–Crippen LogP) is 1.85. The number of benzene rings is 1. The summed E-state index contributed by atoms with van der Waals surface area (Å²) < 4.78 is 0. The first-order valence-corrected chi connectivity index (χ1v) is 5.72. The zero-order valence-electron chi connectivity index (χ0n) is 8.51. The van der Waals surface area contributed by atoms with Gasteiger partial charge in [-0.2, -0.15) is 0 Å². The Balaban J connectivity index is 2.12. The minimum atomic E-state index is -0.199. The van der Waals surface area contributed by atoms with Crippen LogP contribution in [0.1, 0.15) is 16.1 Å². The molecule has 0 saturated carbocycles. The zero-order valence-corrected chi connectivity index (χ0v) is 9.33. The third-order valence-corrected chi connectivity index (χ3v) is 2.67. The zero-order chi connectivity index (χ0) is 11.4. The summed E-state index contributed by atoms with van der Waals surface area (Å²) in [6, 6.07) is 7.45. The normalized spacial score (nSPS) is 10.1. The molecular formula is C11H11N3OS. The summed E-state index contributed by atoms with van der Waals surface area (Å²) in [5, 5.41) is 4.48. The number of thiazole rings is 1. The number of carbonyl (C=O) groups excluding carboxylic acids is 1. The van der Waals surface area contributed by atoms with Gasteiger partial charge in [0.2, 0.25) is 0 Å². The van der Waals surface area contributed by atoms with Gasteiger partial charge in [-0.25, -0.2) is 4.98 Å². The lowest BCUT2D eigenvalue weighted by Crippen LogP contribution is -2.12. The van der Waals surface area contributed by atoms with Crippen LogP contribution in [0, 0.1) is 0 Å². The van der Waals surface area contributed by atoms with E-state index in [9.17, 15) is 4.79 Å². The van der Waals surface area contributed by atoms with Crippen LogP contribution in [0.2, 0.25) is 0 Å². The monoisotopic (exact) mass is 233 g/mol. The Bertz CT molecular complexity index is 482. The van der Waals surface area contributed by atoms with E-state index in [1.807, 2.05) is 24.3 Å². The van der Waals surface area contributed by atoms with Crippen molar-refractivity contribution in [3.63, 3.8) is 0 Å². The van der Waals surface area contributed by atoms with Crippen molar-refractivity contribution in [2.45, 2.75) is 6.54 Å². The highest BCUT2D eigenvalue weighted by Gasteiger charge is 2.07. The number of nitrogens with two attached hydrogens (primary N) is 1. The highest BCUT2D eigenvalue weighted by molar-refractivity contribution is 7.07. The molecule has 0 aliphatic carbocycles. The number of hydrogen-bond acceptors (Lipinski definition) is 4. The molecule has 0 aliphatic rings. The van der Waals surface area contributed by atoms with E-state index in [-0.39, 0.29) is 5.91 Å². The fraction of sp³-hybridized carbons (Fsp3) is 0.0909. The largest absolute Gasteiger partial charge is 0.326 e. The van der Waals surface area contributed by atoms with Crippen LogP contribution >= 0.6 is 11.3 Å². The molecule has 0 fully saturated rings. The molecule has 82 valence electrons. The van der Waals surface area contributed by atoms with Gasteiger partial charge >= 0.3 is 0 Å². The number of aromatic nitrogens is 1. The number of amides is 1. The molecule has 5 heteroatoms.